The fourth-order valence-corrected chi connectivity index (χ4v) is 6.88. The highest BCUT2D eigenvalue weighted by molar-refractivity contribution is 7.97. The maximum Gasteiger partial charge on any atom is 0.508 e. The van der Waals surface area contributed by atoms with Crippen molar-refractivity contribution in [1.82, 2.24) is 9.80 Å². The molecule has 2 aliphatic rings. The number of cyclic esters (lactones) is 1. The van der Waals surface area contributed by atoms with E-state index in [9.17, 15) is 34.9 Å². The Morgan fingerprint density at radius 2 is 1.79 bits per heavy atom. The third-order valence-corrected chi connectivity index (χ3v) is 10.2. The van der Waals surface area contributed by atoms with Crippen molar-refractivity contribution in [2.75, 3.05) is 40.0 Å². The molecule has 0 unspecified atom stereocenters. The molecule has 0 saturated carbocycles. The smallest absolute Gasteiger partial charge is 0.459 e. The van der Waals surface area contributed by atoms with Gasteiger partial charge in [0.05, 0.1) is 41.6 Å². The molecule has 13 atom stereocenters. The van der Waals surface area contributed by atoms with Gasteiger partial charge in [0.2, 0.25) is 0 Å². The first kappa shape index (κ1) is 42.5. The molecule has 0 radical (unpaired) electrons. The third kappa shape index (κ3) is 11.5. The molecular formula is C32H59N3O12S. The highest BCUT2D eigenvalue weighted by Crippen LogP contribution is 2.35. The van der Waals surface area contributed by atoms with Gasteiger partial charge in [0.15, 0.2) is 12.4 Å². The van der Waals surface area contributed by atoms with Crippen LogP contribution in [-0.2, 0) is 28.5 Å². The van der Waals surface area contributed by atoms with Gasteiger partial charge >= 0.3 is 12.1 Å². The Kier molecular flexibility index (Phi) is 16.4. The number of hydrogen-bond donors (Lipinski definition) is 4. The summed E-state index contributed by atoms with van der Waals surface area (Å²) in [5.41, 5.74) is -3.38. The summed E-state index contributed by atoms with van der Waals surface area (Å²) in [6, 6.07) is -0.922. The molecule has 0 amide bonds. The molecule has 2 fully saturated rings. The average molecular weight is 710 g/mol. The lowest BCUT2D eigenvalue weighted by molar-refractivity contribution is -0.292. The summed E-state index contributed by atoms with van der Waals surface area (Å²) in [6.45, 7) is 12.1. The van der Waals surface area contributed by atoms with Gasteiger partial charge in [-0.25, -0.2) is 4.79 Å². The van der Waals surface area contributed by atoms with Crippen LogP contribution in [0.25, 0.3) is 0 Å². The number of esters is 1. The quantitative estimate of drug-likeness (QED) is 0.118. The van der Waals surface area contributed by atoms with Crippen LogP contribution in [-0.4, -0.2) is 149 Å². The number of aliphatic hydroxyl groups is 4. The zero-order valence-electron chi connectivity index (χ0n) is 30.1. The molecule has 0 aliphatic carbocycles. The van der Waals surface area contributed by atoms with E-state index in [0.717, 1.165) is 0 Å². The predicted molar refractivity (Wildman–Crippen MR) is 179 cm³/mol. The number of ether oxygens (including phenoxy) is 5. The van der Waals surface area contributed by atoms with Crippen molar-refractivity contribution in [2.45, 2.75) is 140 Å². The van der Waals surface area contributed by atoms with Crippen LogP contribution in [0.5, 0.6) is 0 Å². The fraction of sp³-hybridized carbons (Fsp3) is 0.938. The maximum atomic E-state index is 13.3. The van der Waals surface area contributed by atoms with Crippen LogP contribution < -0.4 is 0 Å². The molecule has 280 valence electrons. The van der Waals surface area contributed by atoms with E-state index in [1.54, 1.807) is 27.8 Å². The number of nitrogens with zero attached hydrogens (tertiary/aromatic N) is 3. The third-order valence-electron chi connectivity index (χ3n) is 9.72. The molecule has 0 aromatic heterocycles. The van der Waals surface area contributed by atoms with Gasteiger partial charge in [-0.2, -0.15) is 0 Å². The van der Waals surface area contributed by atoms with E-state index in [2.05, 4.69) is 4.58 Å². The van der Waals surface area contributed by atoms with Crippen LogP contribution in [0.2, 0.25) is 0 Å². The Morgan fingerprint density at radius 3 is 2.38 bits per heavy atom. The van der Waals surface area contributed by atoms with Crippen LogP contribution in [0, 0.1) is 16.7 Å². The standard InChI is InChI=1S/C32H59N3O12S/c1-11-24-32(7,41)27(37)21(5)35(10)17-18(2)16-31(6,40)25(15-23(36)20(4)28(38)45-24)46-29-26(22(34(8)9)14-19(3)44-29)47-30(39)43-12-13-48-33-42/h18-27,29,36-37,40-41H,11-17H2,1-10H3/t18-,19-,20-,21-,22+,23+,24-,25-,26-,27-,29+,31-,32-/m1/s1. The summed E-state index contributed by atoms with van der Waals surface area (Å²) in [7, 11) is 5.44. The Hall–Kier alpha value is -1.63. The lowest BCUT2D eigenvalue weighted by Crippen LogP contribution is -2.59. The Balaban J connectivity index is 2.49. The molecule has 2 heterocycles. The normalized spacial score (nSPS) is 41.1. The second-order valence-corrected chi connectivity index (χ2v) is 15.1. The molecular weight excluding hydrogens is 650 g/mol. The van der Waals surface area contributed by atoms with E-state index in [1.807, 2.05) is 37.7 Å². The zero-order valence-corrected chi connectivity index (χ0v) is 30.9. The largest absolute Gasteiger partial charge is 0.508 e. The summed E-state index contributed by atoms with van der Waals surface area (Å²) in [6.07, 6.45) is -7.69. The van der Waals surface area contributed by atoms with Gasteiger partial charge < -0.3 is 53.9 Å². The molecule has 2 aliphatic heterocycles. The molecule has 0 aromatic carbocycles. The highest BCUT2D eigenvalue weighted by atomic mass is 32.2. The van der Waals surface area contributed by atoms with Crippen molar-refractivity contribution in [2.24, 2.45) is 16.4 Å². The lowest BCUT2D eigenvalue weighted by Gasteiger charge is -2.45. The van der Waals surface area contributed by atoms with Crippen molar-refractivity contribution in [3.05, 3.63) is 4.91 Å². The summed E-state index contributed by atoms with van der Waals surface area (Å²) in [5, 5.41) is 46.0. The van der Waals surface area contributed by atoms with E-state index in [1.165, 1.54) is 13.8 Å². The van der Waals surface area contributed by atoms with E-state index >= 15 is 0 Å². The van der Waals surface area contributed by atoms with Crippen molar-refractivity contribution >= 4 is 24.1 Å². The van der Waals surface area contributed by atoms with E-state index in [-0.39, 0.29) is 49.7 Å². The van der Waals surface area contributed by atoms with E-state index < -0.39 is 72.1 Å². The van der Waals surface area contributed by atoms with Crippen molar-refractivity contribution in [3.8, 4) is 0 Å². The number of carbonyl (C=O) groups is 2. The Bertz CT molecular complexity index is 1040. The SMILES string of the molecule is CC[C@H]1OC(=O)[C@H](C)[C@@H](O)C[C@@H](O[C@@H]2O[C@H](C)C[C@H](N(C)C)[C@H]2OC(=O)OCCSN=O)[C@](C)(O)C[C@@H](C)CN(C)[C@H](C)[C@@H](O)[C@]1(C)O. The highest BCUT2D eigenvalue weighted by Gasteiger charge is 2.49. The van der Waals surface area contributed by atoms with Gasteiger partial charge in [-0.05, 0) is 80.9 Å². The zero-order chi connectivity index (χ0) is 36.6. The topological polar surface area (TPSA) is 197 Å². The summed E-state index contributed by atoms with van der Waals surface area (Å²) >= 11 is 0.708. The van der Waals surface area contributed by atoms with Crippen molar-refractivity contribution in [3.63, 3.8) is 0 Å². The van der Waals surface area contributed by atoms with E-state index in [4.69, 9.17) is 23.7 Å². The van der Waals surface area contributed by atoms with Gasteiger partial charge in [-0.1, -0.05) is 13.8 Å². The van der Waals surface area contributed by atoms with Crippen LogP contribution in [0.15, 0.2) is 4.58 Å². The predicted octanol–water partition coefficient (Wildman–Crippen LogP) is 2.31. The van der Waals surface area contributed by atoms with Crippen LogP contribution in [0.4, 0.5) is 4.79 Å². The van der Waals surface area contributed by atoms with Gasteiger partial charge in [0.1, 0.15) is 24.4 Å². The number of carbonyl (C=O) groups excluding carboxylic acids is 2. The molecule has 4 N–H and O–H groups in total. The Morgan fingerprint density at radius 1 is 1.15 bits per heavy atom. The van der Waals surface area contributed by atoms with Gasteiger partial charge in [-0.15, -0.1) is 4.91 Å². The molecule has 2 saturated heterocycles. The van der Waals surface area contributed by atoms with Crippen LogP contribution in [0.1, 0.15) is 74.1 Å². The van der Waals surface area contributed by atoms with Crippen molar-refractivity contribution < 1.29 is 53.7 Å². The monoisotopic (exact) mass is 709 g/mol. The number of hydrogen-bond acceptors (Lipinski definition) is 16. The lowest BCUT2D eigenvalue weighted by atomic mass is 9.83. The first-order valence-electron chi connectivity index (χ1n) is 16.7. The second kappa shape index (κ2) is 18.6. The minimum Gasteiger partial charge on any atom is -0.459 e. The maximum absolute atomic E-state index is 13.3. The number of likely N-dealkylation sites (N-methyl/N-ethyl adjacent to an activating group) is 2. The number of nitroso groups, excluding NO2 is 1. The average Bonchev–Trinajstić information content (AvgIpc) is 3.00. The number of aliphatic hydroxyl groups excluding tert-OH is 2. The molecule has 0 aromatic rings. The summed E-state index contributed by atoms with van der Waals surface area (Å²) in [5.74, 6) is -1.90. The number of rotatable bonds is 9. The van der Waals surface area contributed by atoms with Gasteiger partial charge in [-0.3, -0.25) is 4.79 Å². The minimum absolute atomic E-state index is 0.106. The molecule has 0 bridgehead atoms. The van der Waals surface area contributed by atoms with Crippen LogP contribution in [0.3, 0.4) is 0 Å². The first-order valence-corrected chi connectivity index (χ1v) is 17.7. The molecule has 0 spiro atoms. The second-order valence-electron chi connectivity index (χ2n) is 14.2. The Labute approximate surface area is 289 Å². The minimum atomic E-state index is -1.79. The molecule has 16 heteroatoms. The molecule has 48 heavy (non-hydrogen) atoms. The molecule has 15 nitrogen and oxygen atoms in total. The van der Waals surface area contributed by atoms with Crippen LogP contribution >= 0.6 is 11.9 Å². The first-order chi connectivity index (χ1) is 22.3. The fourth-order valence-electron chi connectivity index (χ4n) is 6.65. The summed E-state index contributed by atoms with van der Waals surface area (Å²) in [4.78, 5) is 40.1. The van der Waals surface area contributed by atoms with E-state index in [0.29, 0.717) is 24.9 Å². The molecule has 2 rings (SSSR count). The van der Waals surface area contributed by atoms with Gasteiger partial charge in [0, 0.05) is 35.5 Å². The van der Waals surface area contributed by atoms with Gasteiger partial charge in [0.25, 0.3) is 0 Å². The van der Waals surface area contributed by atoms with Crippen molar-refractivity contribution in [1.29, 1.82) is 0 Å². The summed E-state index contributed by atoms with van der Waals surface area (Å²) < 4.78 is 31.9.